The minimum Gasteiger partial charge on any atom is -0.461 e. The van der Waals surface area contributed by atoms with Crippen LogP contribution in [0.25, 0.3) is 17.4 Å². The lowest BCUT2D eigenvalue weighted by atomic mass is 10.2. The molecule has 0 spiro atoms. The summed E-state index contributed by atoms with van der Waals surface area (Å²) in [5.41, 5.74) is 2.39. The van der Waals surface area contributed by atoms with Crippen molar-refractivity contribution in [3.05, 3.63) is 52.0 Å². The zero-order chi connectivity index (χ0) is 15.9. The molecule has 1 aliphatic rings. The van der Waals surface area contributed by atoms with Crippen molar-refractivity contribution in [2.24, 2.45) is 0 Å². The third kappa shape index (κ3) is 2.20. The van der Waals surface area contributed by atoms with Crippen molar-refractivity contribution in [1.29, 1.82) is 0 Å². The molecule has 0 fully saturated rings. The molecule has 0 radical (unpaired) electrons. The molecule has 0 saturated heterocycles. The quantitative estimate of drug-likeness (QED) is 0.617. The van der Waals surface area contributed by atoms with Crippen molar-refractivity contribution in [3.8, 4) is 11.6 Å². The number of nitrogens with one attached hydrogen (secondary N) is 1. The monoisotopic (exact) mass is 337 g/mol. The largest absolute Gasteiger partial charge is 0.461 e. The molecule has 6 nitrogen and oxygen atoms in total. The normalized spacial score (nSPS) is 13.5. The van der Waals surface area contributed by atoms with Crippen LogP contribution in [-0.4, -0.2) is 19.6 Å². The van der Waals surface area contributed by atoms with Crippen LogP contribution in [-0.2, 0) is 19.4 Å². The van der Waals surface area contributed by atoms with Gasteiger partial charge >= 0.3 is 0 Å². The summed E-state index contributed by atoms with van der Waals surface area (Å²) >= 11 is 1.75. The van der Waals surface area contributed by atoms with Crippen LogP contribution in [0.4, 0.5) is 5.82 Å². The Balaban J connectivity index is 1.62. The summed E-state index contributed by atoms with van der Waals surface area (Å²) in [5, 5.41) is 10.3. The molecule has 1 aliphatic carbocycles. The first kappa shape index (κ1) is 13.7. The van der Waals surface area contributed by atoms with Crippen molar-refractivity contribution in [1.82, 2.24) is 19.6 Å². The molecule has 5 rings (SSSR count). The second-order valence-electron chi connectivity index (χ2n) is 5.80. The smallest absolute Gasteiger partial charge is 0.255 e. The molecule has 0 atom stereocenters. The average molecular weight is 337 g/mol. The number of hydrogen-bond donors (Lipinski definition) is 1. The topological polar surface area (TPSA) is 68.2 Å². The lowest BCUT2D eigenvalue weighted by Gasteiger charge is -2.11. The molecule has 120 valence electrons. The Morgan fingerprint density at radius 3 is 3.04 bits per heavy atom. The number of nitrogens with zero attached hydrogens (tertiary/aromatic N) is 4. The Bertz CT molecular complexity index is 988. The maximum absolute atomic E-state index is 5.42. The fourth-order valence-corrected chi connectivity index (χ4v) is 3.80. The van der Waals surface area contributed by atoms with Gasteiger partial charge in [0.25, 0.3) is 5.78 Å². The highest BCUT2D eigenvalue weighted by atomic mass is 32.1. The van der Waals surface area contributed by atoms with E-state index in [2.05, 4.69) is 32.9 Å². The Kier molecular flexibility index (Phi) is 3.12. The fraction of sp³-hybridized carbons (Fsp3) is 0.235. The number of anilines is 1. The van der Waals surface area contributed by atoms with E-state index in [9.17, 15) is 0 Å². The molecule has 0 amide bonds. The molecule has 4 aromatic heterocycles. The Labute approximate surface area is 142 Å². The predicted molar refractivity (Wildman–Crippen MR) is 92.2 cm³/mol. The molecular formula is C17H15N5OS. The molecule has 24 heavy (non-hydrogen) atoms. The van der Waals surface area contributed by atoms with E-state index in [1.165, 1.54) is 10.4 Å². The molecule has 1 N–H and O–H groups in total. The third-order valence-electron chi connectivity index (χ3n) is 4.26. The van der Waals surface area contributed by atoms with Gasteiger partial charge in [-0.05, 0) is 42.8 Å². The highest BCUT2D eigenvalue weighted by Gasteiger charge is 2.22. The third-order valence-corrected chi connectivity index (χ3v) is 5.14. The van der Waals surface area contributed by atoms with Crippen molar-refractivity contribution >= 4 is 22.9 Å². The van der Waals surface area contributed by atoms with Crippen LogP contribution in [0.5, 0.6) is 0 Å². The van der Waals surface area contributed by atoms with Crippen molar-refractivity contribution in [2.75, 3.05) is 5.32 Å². The lowest BCUT2D eigenvalue weighted by Crippen LogP contribution is -2.09. The summed E-state index contributed by atoms with van der Waals surface area (Å²) in [6, 6.07) is 7.90. The molecular weight excluding hydrogens is 322 g/mol. The zero-order valence-corrected chi connectivity index (χ0v) is 13.7. The Morgan fingerprint density at radius 1 is 1.21 bits per heavy atom. The van der Waals surface area contributed by atoms with Gasteiger partial charge in [-0.25, -0.2) is 4.98 Å². The van der Waals surface area contributed by atoms with Crippen LogP contribution in [0.15, 0.2) is 40.3 Å². The van der Waals surface area contributed by atoms with Gasteiger partial charge in [0.05, 0.1) is 18.5 Å². The Hall–Kier alpha value is -2.67. The maximum Gasteiger partial charge on any atom is 0.255 e. The number of aryl methyl sites for hydroxylation is 1. The number of hydrogen-bond acceptors (Lipinski definition) is 6. The highest BCUT2D eigenvalue weighted by molar-refractivity contribution is 7.09. The predicted octanol–water partition coefficient (Wildman–Crippen LogP) is 3.55. The summed E-state index contributed by atoms with van der Waals surface area (Å²) in [6.45, 7) is 0.777. The number of thiophene rings is 1. The van der Waals surface area contributed by atoms with Crippen molar-refractivity contribution in [2.45, 2.75) is 25.8 Å². The van der Waals surface area contributed by atoms with Crippen LogP contribution < -0.4 is 5.32 Å². The number of aromatic nitrogens is 4. The number of fused-ring (bicyclic) bond motifs is 2. The summed E-state index contributed by atoms with van der Waals surface area (Å²) in [4.78, 5) is 10.5. The minimum absolute atomic E-state index is 0.565. The Morgan fingerprint density at radius 2 is 2.21 bits per heavy atom. The van der Waals surface area contributed by atoms with Crippen LogP contribution in [0.3, 0.4) is 0 Å². The molecule has 0 aliphatic heterocycles. The van der Waals surface area contributed by atoms with Gasteiger partial charge in [-0.3, -0.25) is 0 Å². The summed E-state index contributed by atoms with van der Waals surface area (Å²) < 4.78 is 7.24. The van der Waals surface area contributed by atoms with E-state index in [1.54, 1.807) is 17.6 Å². The van der Waals surface area contributed by atoms with E-state index in [0.717, 1.165) is 37.3 Å². The fourth-order valence-electron chi connectivity index (χ4n) is 3.16. The minimum atomic E-state index is 0.565. The van der Waals surface area contributed by atoms with Gasteiger partial charge in [-0.2, -0.15) is 9.50 Å². The van der Waals surface area contributed by atoms with Gasteiger partial charge in [0.2, 0.25) is 5.82 Å². The first-order valence-corrected chi connectivity index (χ1v) is 8.85. The highest BCUT2D eigenvalue weighted by Crippen LogP contribution is 2.29. The van der Waals surface area contributed by atoms with E-state index < -0.39 is 0 Å². The molecule has 0 saturated carbocycles. The van der Waals surface area contributed by atoms with Gasteiger partial charge in [0.15, 0.2) is 5.76 Å². The van der Waals surface area contributed by atoms with Crippen LogP contribution in [0.1, 0.15) is 22.6 Å². The van der Waals surface area contributed by atoms with Crippen LogP contribution in [0.2, 0.25) is 0 Å². The summed E-state index contributed by atoms with van der Waals surface area (Å²) in [6.07, 6.45) is 4.79. The number of furan rings is 1. The molecule has 0 aromatic carbocycles. The maximum atomic E-state index is 5.42. The van der Waals surface area contributed by atoms with Crippen molar-refractivity contribution < 1.29 is 4.42 Å². The summed E-state index contributed by atoms with van der Waals surface area (Å²) in [7, 11) is 0. The van der Waals surface area contributed by atoms with E-state index in [1.807, 2.05) is 16.6 Å². The second kappa shape index (κ2) is 5.45. The molecule has 4 aromatic rings. The van der Waals surface area contributed by atoms with Crippen LogP contribution in [0, 0.1) is 0 Å². The first-order chi connectivity index (χ1) is 11.9. The number of rotatable bonds is 4. The van der Waals surface area contributed by atoms with E-state index in [4.69, 9.17) is 9.40 Å². The summed E-state index contributed by atoms with van der Waals surface area (Å²) in [5.74, 6) is 2.85. The van der Waals surface area contributed by atoms with Gasteiger partial charge in [0.1, 0.15) is 5.82 Å². The molecule has 7 heteroatoms. The first-order valence-electron chi connectivity index (χ1n) is 7.97. The van der Waals surface area contributed by atoms with Gasteiger partial charge in [-0.1, -0.05) is 6.07 Å². The molecule has 0 unspecified atom stereocenters. The molecule has 4 heterocycles. The molecule has 0 bridgehead atoms. The second-order valence-corrected chi connectivity index (χ2v) is 6.83. The van der Waals surface area contributed by atoms with Gasteiger partial charge in [-0.15, -0.1) is 16.4 Å². The lowest BCUT2D eigenvalue weighted by molar-refractivity contribution is 0.577. The van der Waals surface area contributed by atoms with E-state index >= 15 is 0 Å². The average Bonchev–Trinajstić information content (AvgIpc) is 3.38. The van der Waals surface area contributed by atoms with Gasteiger partial charge < -0.3 is 9.73 Å². The standard InChI is InChI=1S/C17H15N5OS/c1-5-12-13(6-1)19-17-20-15(14-7-2-8-23-14)21-22(17)16(12)18-10-11-4-3-9-24-11/h2-4,7-9,18H,1,5-6,10H2. The van der Waals surface area contributed by atoms with E-state index in [0.29, 0.717) is 17.4 Å². The van der Waals surface area contributed by atoms with Crippen LogP contribution >= 0.6 is 11.3 Å². The van der Waals surface area contributed by atoms with E-state index in [-0.39, 0.29) is 0 Å². The van der Waals surface area contributed by atoms with Crippen molar-refractivity contribution in [3.63, 3.8) is 0 Å². The van der Waals surface area contributed by atoms with Gasteiger partial charge in [0, 0.05) is 10.4 Å². The zero-order valence-electron chi connectivity index (χ0n) is 12.9. The SMILES string of the molecule is c1coc(-c2nc3nc4c(c(NCc5cccs5)n3n2)CCC4)c1.